The van der Waals surface area contributed by atoms with E-state index in [4.69, 9.17) is 11.1 Å². The van der Waals surface area contributed by atoms with Gasteiger partial charge in [0.15, 0.2) is 0 Å². The molecule has 0 spiro atoms. The summed E-state index contributed by atoms with van der Waals surface area (Å²) >= 11 is 0. The van der Waals surface area contributed by atoms with E-state index in [9.17, 15) is 4.39 Å². The highest BCUT2D eigenvalue weighted by atomic mass is 19.1. The van der Waals surface area contributed by atoms with Crippen LogP contribution in [0.5, 0.6) is 0 Å². The molecule has 0 saturated heterocycles. The molecule has 2 aromatic rings. The lowest BCUT2D eigenvalue weighted by Gasteiger charge is -2.18. The molecule has 0 amide bonds. The SMILES string of the molecule is CN(Cc1cccc(C(=N)N)c1)c1ccc(F)cn1. The maximum atomic E-state index is 12.8. The maximum Gasteiger partial charge on any atom is 0.141 e. The van der Waals surface area contributed by atoms with Crippen molar-refractivity contribution in [1.82, 2.24) is 4.98 Å². The van der Waals surface area contributed by atoms with Crippen LogP contribution in [0.4, 0.5) is 10.2 Å². The Kier molecular flexibility index (Phi) is 3.75. The highest BCUT2D eigenvalue weighted by Gasteiger charge is 2.05. The summed E-state index contributed by atoms with van der Waals surface area (Å²) in [6.07, 6.45) is 1.19. The van der Waals surface area contributed by atoms with Gasteiger partial charge in [0.1, 0.15) is 17.5 Å². The van der Waals surface area contributed by atoms with Crippen molar-refractivity contribution in [2.75, 3.05) is 11.9 Å². The Morgan fingerprint density at radius 1 is 1.37 bits per heavy atom. The van der Waals surface area contributed by atoms with Gasteiger partial charge < -0.3 is 10.6 Å². The molecule has 1 heterocycles. The summed E-state index contributed by atoms with van der Waals surface area (Å²) in [6, 6.07) is 10.5. The van der Waals surface area contributed by atoms with Crippen LogP contribution in [-0.2, 0) is 6.54 Å². The molecule has 2 rings (SSSR count). The minimum absolute atomic E-state index is 0.0458. The molecule has 0 atom stereocenters. The first-order chi connectivity index (χ1) is 9.06. The number of anilines is 1. The number of nitrogens with one attached hydrogen (secondary N) is 1. The van der Waals surface area contributed by atoms with E-state index >= 15 is 0 Å². The highest BCUT2D eigenvalue weighted by molar-refractivity contribution is 5.95. The summed E-state index contributed by atoms with van der Waals surface area (Å²) in [5.74, 6) is 0.384. The number of benzene rings is 1. The number of nitrogen functional groups attached to an aromatic ring is 1. The summed E-state index contributed by atoms with van der Waals surface area (Å²) in [5, 5.41) is 7.41. The average molecular weight is 258 g/mol. The summed E-state index contributed by atoms with van der Waals surface area (Å²) < 4.78 is 12.8. The zero-order valence-corrected chi connectivity index (χ0v) is 10.6. The molecule has 0 radical (unpaired) electrons. The van der Waals surface area contributed by atoms with Crippen LogP contribution in [0.25, 0.3) is 0 Å². The van der Waals surface area contributed by atoms with E-state index in [0.29, 0.717) is 17.9 Å². The zero-order chi connectivity index (χ0) is 13.8. The van der Waals surface area contributed by atoms with Crippen LogP contribution in [0.15, 0.2) is 42.6 Å². The first-order valence-electron chi connectivity index (χ1n) is 5.82. The number of hydrogen-bond acceptors (Lipinski definition) is 3. The van der Waals surface area contributed by atoms with E-state index in [1.165, 1.54) is 12.3 Å². The Labute approximate surface area is 111 Å². The molecule has 1 aromatic carbocycles. The Hall–Kier alpha value is -2.43. The van der Waals surface area contributed by atoms with Crippen molar-refractivity contribution in [2.45, 2.75) is 6.54 Å². The van der Waals surface area contributed by atoms with Crippen LogP contribution in [0.3, 0.4) is 0 Å². The molecule has 3 N–H and O–H groups in total. The van der Waals surface area contributed by atoms with Crippen LogP contribution < -0.4 is 10.6 Å². The lowest BCUT2D eigenvalue weighted by molar-refractivity contribution is 0.621. The van der Waals surface area contributed by atoms with Crippen molar-refractivity contribution >= 4 is 11.7 Å². The van der Waals surface area contributed by atoms with E-state index in [1.54, 1.807) is 12.1 Å². The van der Waals surface area contributed by atoms with Crippen molar-refractivity contribution in [1.29, 1.82) is 5.41 Å². The summed E-state index contributed by atoms with van der Waals surface area (Å²) in [4.78, 5) is 5.92. The van der Waals surface area contributed by atoms with E-state index in [-0.39, 0.29) is 11.7 Å². The number of pyridine rings is 1. The van der Waals surface area contributed by atoms with Gasteiger partial charge in [-0.05, 0) is 23.8 Å². The second-order valence-corrected chi connectivity index (χ2v) is 4.30. The van der Waals surface area contributed by atoms with Crippen molar-refractivity contribution < 1.29 is 4.39 Å². The van der Waals surface area contributed by atoms with Gasteiger partial charge in [0.2, 0.25) is 0 Å². The van der Waals surface area contributed by atoms with Crippen LogP contribution in [0.1, 0.15) is 11.1 Å². The molecule has 0 aliphatic carbocycles. The standard InChI is InChI=1S/C14H15FN4/c1-19(13-6-5-12(15)8-18-13)9-10-3-2-4-11(7-10)14(16)17/h2-8H,9H2,1H3,(H3,16,17). The predicted octanol–water partition coefficient (Wildman–Crippen LogP) is 2.14. The van der Waals surface area contributed by atoms with Gasteiger partial charge in [-0.15, -0.1) is 0 Å². The van der Waals surface area contributed by atoms with E-state index in [1.807, 2.05) is 30.1 Å². The molecule has 0 unspecified atom stereocenters. The molecule has 5 heteroatoms. The van der Waals surface area contributed by atoms with Crippen molar-refractivity contribution in [3.63, 3.8) is 0 Å². The Morgan fingerprint density at radius 2 is 2.16 bits per heavy atom. The largest absolute Gasteiger partial charge is 0.384 e. The fraction of sp³-hybridized carbons (Fsp3) is 0.143. The molecule has 0 aliphatic rings. The third kappa shape index (κ3) is 3.28. The van der Waals surface area contributed by atoms with Crippen molar-refractivity contribution in [3.8, 4) is 0 Å². The van der Waals surface area contributed by atoms with Gasteiger partial charge in [-0.3, -0.25) is 5.41 Å². The van der Waals surface area contributed by atoms with Gasteiger partial charge in [-0.2, -0.15) is 0 Å². The third-order valence-electron chi connectivity index (χ3n) is 2.76. The first kappa shape index (κ1) is 13.0. The highest BCUT2D eigenvalue weighted by Crippen LogP contribution is 2.13. The third-order valence-corrected chi connectivity index (χ3v) is 2.76. The molecule has 19 heavy (non-hydrogen) atoms. The fourth-order valence-electron chi connectivity index (χ4n) is 1.79. The van der Waals surface area contributed by atoms with Crippen LogP contribution in [0, 0.1) is 11.2 Å². The topological polar surface area (TPSA) is 66.0 Å². The second-order valence-electron chi connectivity index (χ2n) is 4.30. The monoisotopic (exact) mass is 258 g/mol. The van der Waals surface area contributed by atoms with Gasteiger partial charge in [0.25, 0.3) is 0 Å². The Balaban J connectivity index is 2.14. The molecule has 0 bridgehead atoms. The van der Waals surface area contributed by atoms with Gasteiger partial charge in [0, 0.05) is 19.2 Å². The number of nitrogens with two attached hydrogens (primary N) is 1. The molecular weight excluding hydrogens is 243 g/mol. The average Bonchev–Trinajstić information content (AvgIpc) is 2.39. The van der Waals surface area contributed by atoms with Gasteiger partial charge >= 0.3 is 0 Å². The summed E-state index contributed by atoms with van der Waals surface area (Å²) in [7, 11) is 1.88. The molecule has 0 saturated carbocycles. The quantitative estimate of drug-likeness (QED) is 0.652. The number of nitrogens with zero attached hydrogens (tertiary/aromatic N) is 2. The van der Waals surface area contributed by atoms with Gasteiger partial charge in [-0.25, -0.2) is 9.37 Å². The van der Waals surface area contributed by atoms with Crippen LogP contribution in [-0.4, -0.2) is 17.9 Å². The van der Waals surface area contributed by atoms with E-state index in [0.717, 1.165) is 5.56 Å². The van der Waals surface area contributed by atoms with Crippen LogP contribution >= 0.6 is 0 Å². The van der Waals surface area contributed by atoms with E-state index in [2.05, 4.69) is 4.98 Å². The molecule has 0 aliphatic heterocycles. The Bertz CT molecular complexity index is 580. The van der Waals surface area contributed by atoms with Gasteiger partial charge in [-0.1, -0.05) is 18.2 Å². The summed E-state index contributed by atoms with van der Waals surface area (Å²) in [6.45, 7) is 0.611. The lowest BCUT2D eigenvalue weighted by atomic mass is 10.1. The minimum Gasteiger partial charge on any atom is -0.384 e. The lowest BCUT2D eigenvalue weighted by Crippen LogP contribution is -2.18. The molecule has 1 aromatic heterocycles. The normalized spacial score (nSPS) is 10.2. The van der Waals surface area contributed by atoms with Crippen LogP contribution in [0.2, 0.25) is 0 Å². The summed E-state index contributed by atoms with van der Waals surface area (Å²) in [5.41, 5.74) is 7.16. The number of rotatable bonds is 4. The zero-order valence-electron chi connectivity index (χ0n) is 10.6. The molecule has 4 nitrogen and oxygen atoms in total. The first-order valence-corrected chi connectivity index (χ1v) is 5.82. The van der Waals surface area contributed by atoms with Crippen molar-refractivity contribution in [3.05, 3.63) is 59.5 Å². The van der Waals surface area contributed by atoms with E-state index < -0.39 is 0 Å². The maximum absolute atomic E-state index is 12.8. The second kappa shape index (κ2) is 5.48. The number of hydrogen-bond donors (Lipinski definition) is 2. The predicted molar refractivity (Wildman–Crippen MR) is 73.8 cm³/mol. The fourth-order valence-corrected chi connectivity index (χ4v) is 1.79. The number of aromatic nitrogens is 1. The van der Waals surface area contributed by atoms with Gasteiger partial charge in [0.05, 0.1) is 6.20 Å². The minimum atomic E-state index is -0.351. The number of amidine groups is 1. The Morgan fingerprint density at radius 3 is 2.79 bits per heavy atom. The molecule has 0 fully saturated rings. The van der Waals surface area contributed by atoms with Crippen molar-refractivity contribution in [2.24, 2.45) is 5.73 Å². The molecular formula is C14H15FN4. The molecule has 98 valence electrons. The smallest absolute Gasteiger partial charge is 0.141 e. The number of halogens is 1.